The lowest BCUT2D eigenvalue weighted by Crippen LogP contribution is -2.25. The maximum atomic E-state index is 11.6. The Morgan fingerprint density at radius 3 is 2.79 bits per heavy atom. The number of amides is 1. The average Bonchev–Trinajstić information content (AvgIpc) is 2.81. The van der Waals surface area contributed by atoms with E-state index in [1.807, 2.05) is 24.3 Å². The van der Waals surface area contributed by atoms with Gasteiger partial charge in [-0.3, -0.25) is 4.90 Å². The highest BCUT2D eigenvalue weighted by molar-refractivity contribution is 5.89. The molecule has 2 rings (SSSR count). The molecule has 7 nitrogen and oxygen atoms in total. The molecule has 1 N–H and O–H groups in total. The van der Waals surface area contributed by atoms with Gasteiger partial charge in [0.05, 0.1) is 13.2 Å². The fourth-order valence-corrected chi connectivity index (χ4v) is 1.89. The van der Waals surface area contributed by atoms with Crippen LogP contribution in [0.5, 0.6) is 0 Å². The van der Waals surface area contributed by atoms with Gasteiger partial charge < -0.3 is 9.84 Å². The molecule has 19 heavy (non-hydrogen) atoms. The summed E-state index contributed by atoms with van der Waals surface area (Å²) >= 11 is 0. The smallest absolute Gasteiger partial charge is 0.414 e. The van der Waals surface area contributed by atoms with Crippen LogP contribution in [0.3, 0.4) is 0 Å². The van der Waals surface area contributed by atoms with Crippen molar-refractivity contribution < 1.29 is 14.6 Å². The van der Waals surface area contributed by atoms with Crippen molar-refractivity contribution in [1.82, 2.24) is 0 Å². The molecule has 1 aliphatic rings. The monoisotopic (exact) mass is 262 g/mol. The average molecular weight is 262 g/mol. The Kier molecular flexibility index (Phi) is 4.22. The topological polar surface area (TPSA) is 98.5 Å². The zero-order chi connectivity index (χ0) is 13.7. The number of ether oxygens (including phenoxy) is 1. The number of aliphatic hydroxyl groups is 1. The number of azide groups is 1. The van der Waals surface area contributed by atoms with Crippen LogP contribution >= 0.6 is 0 Å². The Hall–Kier alpha value is -2.24. The molecule has 1 fully saturated rings. The number of carbonyl (C=O) groups excluding carboxylic acids is 1. The summed E-state index contributed by atoms with van der Waals surface area (Å²) in [6, 6.07) is 7.38. The van der Waals surface area contributed by atoms with Crippen LogP contribution in [0.15, 0.2) is 29.4 Å². The second-order valence-electron chi connectivity index (χ2n) is 4.17. The number of aliphatic hydroxyl groups excluding tert-OH is 1. The van der Waals surface area contributed by atoms with Crippen LogP contribution in [0.1, 0.15) is 5.56 Å². The van der Waals surface area contributed by atoms with E-state index in [0.29, 0.717) is 19.5 Å². The Labute approximate surface area is 110 Å². The van der Waals surface area contributed by atoms with E-state index in [2.05, 4.69) is 10.0 Å². The lowest BCUT2D eigenvalue weighted by Gasteiger charge is -2.13. The highest BCUT2D eigenvalue weighted by Gasteiger charge is 2.31. The van der Waals surface area contributed by atoms with Crippen LogP contribution in [0, 0.1) is 0 Å². The second-order valence-corrected chi connectivity index (χ2v) is 4.17. The zero-order valence-corrected chi connectivity index (χ0v) is 10.3. The molecular weight excluding hydrogens is 248 g/mol. The van der Waals surface area contributed by atoms with Crippen LogP contribution in [-0.2, 0) is 11.2 Å². The van der Waals surface area contributed by atoms with E-state index >= 15 is 0 Å². The van der Waals surface area contributed by atoms with E-state index in [9.17, 15) is 4.79 Å². The van der Waals surface area contributed by atoms with Gasteiger partial charge in [-0.05, 0) is 29.6 Å². The van der Waals surface area contributed by atoms with E-state index in [4.69, 9.17) is 15.4 Å². The minimum atomic E-state index is -0.461. The summed E-state index contributed by atoms with van der Waals surface area (Å²) in [5.41, 5.74) is 9.95. The van der Waals surface area contributed by atoms with E-state index in [0.717, 1.165) is 11.3 Å². The maximum absolute atomic E-state index is 11.6. The predicted octanol–water partition coefficient (Wildman–Crippen LogP) is 1.86. The highest BCUT2D eigenvalue weighted by atomic mass is 16.6. The van der Waals surface area contributed by atoms with Gasteiger partial charge in [0.15, 0.2) is 0 Å². The van der Waals surface area contributed by atoms with Crippen LogP contribution < -0.4 is 4.90 Å². The number of rotatable bonds is 5. The largest absolute Gasteiger partial charge is 0.441 e. The first-order valence-electron chi connectivity index (χ1n) is 5.93. The van der Waals surface area contributed by atoms with Gasteiger partial charge in [-0.15, -0.1) is 0 Å². The number of nitrogens with zero attached hydrogens (tertiary/aromatic N) is 4. The van der Waals surface area contributed by atoms with Crippen LogP contribution in [-0.4, -0.2) is 37.0 Å². The second kappa shape index (κ2) is 6.08. The van der Waals surface area contributed by atoms with Gasteiger partial charge in [-0.25, -0.2) is 4.79 Å². The molecule has 0 bridgehead atoms. The van der Waals surface area contributed by atoms with Crippen LogP contribution in [0.4, 0.5) is 10.5 Å². The third-order valence-electron chi connectivity index (χ3n) is 2.89. The molecule has 1 aliphatic heterocycles. The Balaban J connectivity index is 2.02. The number of anilines is 1. The van der Waals surface area contributed by atoms with Crippen LogP contribution in [0.25, 0.3) is 10.4 Å². The van der Waals surface area contributed by atoms with E-state index in [1.54, 1.807) is 0 Å². The van der Waals surface area contributed by atoms with E-state index in [1.165, 1.54) is 4.90 Å². The summed E-state index contributed by atoms with van der Waals surface area (Å²) in [5.74, 6) is 0. The fraction of sp³-hybridized carbons (Fsp3) is 0.417. The molecule has 1 aromatic carbocycles. The van der Waals surface area contributed by atoms with Gasteiger partial charge in [0.2, 0.25) is 0 Å². The molecule has 0 saturated carbocycles. The first kappa shape index (κ1) is 13.2. The molecular formula is C12H14N4O3. The maximum Gasteiger partial charge on any atom is 0.414 e. The molecule has 0 aromatic heterocycles. The van der Waals surface area contributed by atoms with Crippen molar-refractivity contribution in [2.75, 3.05) is 24.6 Å². The number of benzene rings is 1. The molecule has 100 valence electrons. The molecule has 1 aromatic rings. The van der Waals surface area contributed by atoms with Crippen LogP contribution in [0.2, 0.25) is 0 Å². The Morgan fingerprint density at radius 2 is 2.21 bits per heavy atom. The lowest BCUT2D eigenvalue weighted by atomic mass is 10.1. The van der Waals surface area contributed by atoms with Gasteiger partial charge in [-0.1, -0.05) is 17.2 Å². The van der Waals surface area contributed by atoms with Crippen molar-refractivity contribution >= 4 is 11.8 Å². The third-order valence-corrected chi connectivity index (χ3v) is 2.89. The quantitative estimate of drug-likeness (QED) is 0.498. The number of cyclic esters (lactones) is 1. The van der Waals surface area contributed by atoms with Crippen molar-refractivity contribution in [2.24, 2.45) is 5.11 Å². The molecule has 1 heterocycles. The summed E-state index contributed by atoms with van der Waals surface area (Å²) in [6.45, 7) is 0.591. The van der Waals surface area contributed by atoms with Crippen molar-refractivity contribution in [3.8, 4) is 0 Å². The van der Waals surface area contributed by atoms with Gasteiger partial charge in [0, 0.05) is 17.1 Å². The highest BCUT2D eigenvalue weighted by Crippen LogP contribution is 2.22. The standard InChI is InChI=1S/C12H14N4O3/c13-15-14-6-5-9-1-3-10(4-2-9)16-7-11(8-17)19-12(16)18/h1-4,11,17H,5-8H2. The first-order valence-corrected chi connectivity index (χ1v) is 5.93. The summed E-state index contributed by atoms with van der Waals surface area (Å²) in [5, 5.41) is 12.4. The van der Waals surface area contributed by atoms with E-state index in [-0.39, 0.29) is 6.61 Å². The first-order chi connectivity index (χ1) is 9.24. The van der Waals surface area contributed by atoms with Crippen molar-refractivity contribution in [1.29, 1.82) is 0 Å². The summed E-state index contributed by atoms with van der Waals surface area (Å²) in [7, 11) is 0. The Bertz CT molecular complexity index is 496. The summed E-state index contributed by atoms with van der Waals surface area (Å²) in [4.78, 5) is 15.8. The third kappa shape index (κ3) is 3.15. The van der Waals surface area contributed by atoms with Crippen molar-refractivity contribution in [3.05, 3.63) is 40.3 Å². The normalized spacial score (nSPS) is 18.1. The lowest BCUT2D eigenvalue weighted by molar-refractivity contribution is 0.0963. The molecule has 1 amide bonds. The molecule has 1 atom stereocenters. The number of carbonyl (C=O) groups is 1. The predicted molar refractivity (Wildman–Crippen MR) is 68.9 cm³/mol. The summed E-state index contributed by atoms with van der Waals surface area (Å²) in [6.07, 6.45) is -0.244. The molecule has 0 aliphatic carbocycles. The van der Waals surface area contributed by atoms with Crippen molar-refractivity contribution in [3.63, 3.8) is 0 Å². The minimum Gasteiger partial charge on any atom is -0.441 e. The zero-order valence-electron chi connectivity index (χ0n) is 10.3. The molecule has 1 unspecified atom stereocenters. The molecule has 0 spiro atoms. The molecule has 7 heteroatoms. The number of hydrogen-bond acceptors (Lipinski definition) is 4. The fourth-order valence-electron chi connectivity index (χ4n) is 1.89. The van der Waals surface area contributed by atoms with Gasteiger partial charge in [-0.2, -0.15) is 0 Å². The van der Waals surface area contributed by atoms with Gasteiger partial charge >= 0.3 is 6.09 Å². The Morgan fingerprint density at radius 1 is 1.47 bits per heavy atom. The van der Waals surface area contributed by atoms with E-state index < -0.39 is 12.2 Å². The number of hydrogen-bond donors (Lipinski definition) is 1. The summed E-state index contributed by atoms with van der Waals surface area (Å²) < 4.78 is 4.97. The molecule has 1 saturated heterocycles. The van der Waals surface area contributed by atoms with Crippen molar-refractivity contribution in [2.45, 2.75) is 12.5 Å². The minimum absolute atomic E-state index is 0.174. The van der Waals surface area contributed by atoms with Gasteiger partial charge in [0.25, 0.3) is 0 Å². The van der Waals surface area contributed by atoms with Gasteiger partial charge in [0.1, 0.15) is 6.10 Å². The SMILES string of the molecule is [N-]=[N+]=NCCc1ccc(N2CC(CO)OC2=O)cc1. The molecule has 0 radical (unpaired) electrons.